The van der Waals surface area contributed by atoms with Crippen molar-refractivity contribution in [2.45, 2.75) is 0 Å². The number of fused-ring (bicyclic) bond motifs is 1. The molecule has 2 aromatic carbocycles. The van der Waals surface area contributed by atoms with Crippen LogP contribution in [0.2, 0.25) is 0 Å². The smallest absolute Gasteiger partial charge is 0.143 e. The van der Waals surface area contributed by atoms with Gasteiger partial charge in [0, 0.05) is 0 Å². The topological polar surface area (TPSA) is 50.9 Å². The molecule has 1 N–H and O–H groups in total. The molecule has 4 heteroatoms. The first-order chi connectivity index (χ1) is 8.24. The third-order valence-corrected chi connectivity index (χ3v) is 2.50. The standard InChI is InChI=1S/C13H9N3O/c1-9-6-7-12(13(17)8-9)16-14-10-4-2-3-5-11(10)15-16/h1-8,17H. The van der Waals surface area contributed by atoms with E-state index in [1.54, 1.807) is 12.1 Å². The van der Waals surface area contributed by atoms with Gasteiger partial charge in [0.05, 0.1) is 0 Å². The maximum Gasteiger partial charge on any atom is 0.143 e. The van der Waals surface area contributed by atoms with Gasteiger partial charge in [0.25, 0.3) is 0 Å². The van der Waals surface area contributed by atoms with Gasteiger partial charge in [-0.1, -0.05) is 18.2 Å². The molecule has 4 nitrogen and oxygen atoms in total. The fraction of sp³-hybridized carbons (Fsp3) is 0. The normalized spacial score (nSPS) is 10.9. The van der Waals surface area contributed by atoms with Crippen LogP contribution in [0.3, 0.4) is 0 Å². The second-order valence-corrected chi connectivity index (χ2v) is 3.73. The summed E-state index contributed by atoms with van der Waals surface area (Å²) in [6.07, 6.45) is 0. The van der Waals surface area contributed by atoms with Gasteiger partial charge in [0.15, 0.2) is 0 Å². The van der Waals surface area contributed by atoms with Crippen LogP contribution in [0, 0.1) is 6.92 Å². The van der Waals surface area contributed by atoms with Gasteiger partial charge in [0.1, 0.15) is 22.5 Å². The van der Waals surface area contributed by atoms with Gasteiger partial charge in [-0.25, -0.2) is 0 Å². The Balaban J connectivity index is 2.20. The van der Waals surface area contributed by atoms with Gasteiger partial charge < -0.3 is 5.11 Å². The van der Waals surface area contributed by atoms with Crippen molar-refractivity contribution in [2.75, 3.05) is 0 Å². The summed E-state index contributed by atoms with van der Waals surface area (Å²) in [5.41, 5.74) is 2.57. The number of aromatic hydroxyl groups is 1. The molecule has 3 aromatic rings. The number of nitrogens with zero attached hydrogens (tertiary/aromatic N) is 3. The molecule has 2 radical (unpaired) electrons. The number of phenolic OH excluding ortho intramolecular Hbond substituents is 1. The summed E-state index contributed by atoms with van der Waals surface area (Å²) in [5.74, 6) is 0.0605. The second-order valence-electron chi connectivity index (χ2n) is 3.73. The lowest BCUT2D eigenvalue weighted by Crippen LogP contribution is -1.98. The van der Waals surface area contributed by atoms with E-state index < -0.39 is 0 Å². The van der Waals surface area contributed by atoms with Crippen molar-refractivity contribution in [2.24, 2.45) is 0 Å². The molecule has 82 valence electrons. The van der Waals surface area contributed by atoms with Crippen molar-refractivity contribution in [3.63, 3.8) is 0 Å². The number of rotatable bonds is 1. The van der Waals surface area contributed by atoms with E-state index in [4.69, 9.17) is 6.92 Å². The van der Waals surface area contributed by atoms with E-state index in [1.807, 2.05) is 24.3 Å². The average Bonchev–Trinajstić information content (AvgIpc) is 2.72. The Kier molecular flexibility index (Phi) is 2.08. The minimum Gasteiger partial charge on any atom is -0.506 e. The van der Waals surface area contributed by atoms with Crippen molar-refractivity contribution in [3.8, 4) is 11.4 Å². The Morgan fingerprint density at radius 3 is 2.24 bits per heavy atom. The molecule has 0 aliphatic rings. The van der Waals surface area contributed by atoms with Crippen molar-refractivity contribution < 1.29 is 5.11 Å². The van der Waals surface area contributed by atoms with Crippen LogP contribution in [-0.4, -0.2) is 20.1 Å². The van der Waals surface area contributed by atoms with Gasteiger partial charge in [-0.2, -0.15) is 0 Å². The molecule has 1 heterocycles. The number of hydrogen-bond acceptors (Lipinski definition) is 3. The first-order valence-corrected chi connectivity index (χ1v) is 5.15. The molecule has 0 unspecified atom stereocenters. The summed E-state index contributed by atoms with van der Waals surface area (Å²) < 4.78 is 0. The lowest BCUT2D eigenvalue weighted by atomic mass is 10.2. The van der Waals surface area contributed by atoms with Gasteiger partial charge in [-0.3, -0.25) is 0 Å². The van der Waals surface area contributed by atoms with E-state index in [0.717, 1.165) is 11.0 Å². The maximum atomic E-state index is 9.79. The molecule has 0 spiro atoms. The number of aromatic nitrogens is 3. The monoisotopic (exact) mass is 223 g/mol. The highest BCUT2D eigenvalue weighted by Gasteiger charge is 2.07. The lowest BCUT2D eigenvalue weighted by Gasteiger charge is -2.02. The highest BCUT2D eigenvalue weighted by Crippen LogP contribution is 2.22. The van der Waals surface area contributed by atoms with Gasteiger partial charge in [-0.15, -0.1) is 15.0 Å². The Morgan fingerprint density at radius 1 is 1.00 bits per heavy atom. The number of benzene rings is 2. The quantitative estimate of drug-likeness (QED) is 0.688. The molecule has 0 amide bonds. The molecule has 0 aliphatic heterocycles. The first kappa shape index (κ1) is 9.84. The Morgan fingerprint density at radius 2 is 1.65 bits per heavy atom. The fourth-order valence-corrected chi connectivity index (χ4v) is 1.68. The predicted octanol–water partition coefficient (Wildman–Crippen LogP) is 2.19. The highest BCUT2D eigenvalue weighted by atomic mass is 16.3. The summed E-state index contributed by atoms with van der Waals surface area (Å²) in [4.78, 5) is 1.40. The van der Waals surface area contributed by atoms with Crippen molar-refractivity contribution in [1.29, 1.82) is 0 Å². The molecule has 0 aliphatic carbocycles. The molecule has 3 rings (SSSR count). The summed E-state index contributed by atoms with van der Waals surface area (Å²) in [6.45, 7) is 5.57. The zero-order chi connectivity index (χ0) is 11.8. The van der Waals surface area contributed by atoms with Crippen LogP contribution in [0.1, 0.15) is 5.56 Å². The highest BCUT2D eigenvalue weighted by molar-refractivity contribution is 5.73. The summed E-state index contributed by atoms with van der Waals surface area (Å²) >= 11 is 0. The molecule has 1 aromatic heterocycles. The third kappa shape index (κ3) is 1.63. The zero-order valence-corrected chi connectivity index (χ0v) is 8.91. The predicted molar refractivity (Wildman–Crippen MR) is 63.9 cm³/mol. The van der Waals surface area contributed by atoms with Crippen LogP contribution >= 0.6 is 0 Å². The number of hydrogen-bond donors (Lipinski definition) is 1. The molecule has 0 saturated carbocycles. The summed E-state index contributed by atoms with van der Waals surface area (Å²) in [5, 5.41) is 18.3. The molecular weight excluding hydrogens is 214 g/mol. The van der Waals surface area contributed by atoms with Gasteiger partial charge >= 0.3 is 0 Å². The van der Waals surface area contributed by atoms with E-state index in [1.165, 1.54) is 10.9 Å². The molecule has 17 heavy (non-hydrogen) atoms. The van der Waals surface area contributed by atoms with Gasteiger partial charge in [-0.05, 0) is 36.8 Å². The zero-order valence-electron chi connectivity index (χ0n) is 8.91. The van der Waals surface area contributed by atoms with Crippen LogP contribution in [-0.2, 0) is 0 Å². The molecule has 0 fully saturated rings. The van der Waals surface area contributed by atoms with Crippen molar-refractivity contribution in [1.82, 2.24) is 15.0 Å². The van der Waals surface area contributed by atoms with E-state index in [0.29, 0.717) is 11.3 Å². The SMILES string of the molecule is [CH]c1ccc(-n2nc3ccccc3n2)c(O)c1. The van der Waals surface area contributed by atoms with Crippen LogP contribution in [0.25, 0.3) is 16.7 Å². The van der Waals surface area contributed by atoms with E-state index in [-0.39, 0.29) is 5.75 Å². The molecule has 0 saturated heterocycles. The molecular formula is C13H9N3O. The van der Waals surface area contributed by atoms with E-state index in [2.05, 4.69) is 10.2 Å². The molecule has 0 bridgehead atoms. The first-order valence-electron chi connectivity index (χ1n) is 5.15. The maximum absolute atomic E-state index is 9.79. The van der Waals surface area contributed by atoms with Crippen LogP contribution in [0.5, 0.6) is 5.75 Å². The summed E-state index contributed by atoms with van der Waals surface area (Å²) in [6, 6.07) is 12.4. The Hall–Kier alpha value is -2.36. The molecule has 0 atom stereocenters. The minimum atomic E-state index is 0.0605. The van der Waals surface area contributed by atoms with Crippen LogP contribution < -0.4 is 0 Å². The minimum absolute atomic E-state index is 0.0605. The van der Waals surface area contributed by atoms with Crippen LogP contribution in [0.4, 0.5) is 0 Å². The Bertz CT molecular complexity index is 655. The van der Waals surface area contributed by atoms with Gasteiger partial charge in [0.2, 0.25) is 0 Å². The fourth-order valence-electron chi connectivity index (χ4n) is 1.68. The Labute approximate surface area is 98.1 Å². The number of phenols is 1. The average molecular weight is 223 g/mol. The van der Waals surface area contributed by atoms with Crippen molar-refractivity contribution >= 4 is 11.0 Å². The third-order valence-electron chi connectivity index (χ3n) is 2.50. The summed E-state index contributed by atoms with van der Waals surface area (Å²) in [7, 11) is 0. The van der Waals surface area contributed by atoms with E-state index in [9.17, 15) is 5.11 Å². The van der Waals surface area contributed by atoms with Crippen LogP contribution in [0.15, 0.2) is 42.5 Å². The van der Waals surface area contributed by atoms with Crippen molar-refractivity contribution in [3.05, 3.63) is 55.0 Å². The largest absolute Gasteiger partial charge is 0.506 e. The second kappa shape index (κ2) is 3.59. The lowest BCUT2D eigenvalue weighted by molar-refractivity contribution is 0.467. The van der Waals surface area contributed by atoms with E-state index >= 15 is 0 Å².